The fourth-order valence-electron chi connectivity index (χ4n) is 2.85. The molecule has 0 N–H and O–H groups in total. The van der Waals surface area contributed by atoms with E-state index in [0.29, 0.717) is 5.69 Å². The van der Waals surface area contributed by atoms with E-state index in [-0.39, 0.29) is 0 Å². The minimum Gasteiger partial charge on any atom is -0.368 e. The Bertz CT molecular complexity index is 715. The van der Waals surface area contributed by atoms with Crippen LogP contribution in [0.25, 0.3) is 0 Å². The zero-order valence-corrected chi connectivity index (χ0v) is 13.2. The highest BCUT2D eigenvalue weighted by Gasteiger charge is 2.20. The zero-order valence-electron chi connectivity index (χ0n) is 12.5. The minimum absolute atomic E-state index is 0.495. The van der Waals surface area contributed by atoms with Crippen LogP contribution in [-0.4, -0.2) is 31.2 Å². The topological polar surface area (TPSA) is 43.2 Å². The molecule has 3 rings (SSSR count). The summed E-state index contributed by atoms with van der Waals surface area (Å²) >= 11 is 6.12. The Kier molecular flexibility index (Phi) is 4.17. The Balaban J connectivity index is 1.75. The van der Waals surface area contributed by atoms with Gasteiger partial charge in [0.2, 0.25) is 0 Å². The largest absolute Gasteiger partial charge is 0.368 e. The van der Waals surface area contributed by atoms with Crippen LogP contribution in [0.4, 0.5) is 11.4 Å². The molecule has 0 bridgehead atoms. The number of hydrogen-bond acceptors (Lipinski definition) is 4. The maximum atomic E-state index is 9.18. The van der Waals surface area contributed by atoms with Gasteiger partial charge in [0.15, 0.2) is 5.69 Å². The van der Waals surface area contributed by atoms with E-state index in [4.69, 9.17) is 11.6 Å². The van der Waals surface area contributed by atoms with Gasteiger partial charge in [-0.1, -0.05) is 17.7 Å². The monoisotopic (exact) mass is 312 g/mol. The second-order valence-corrected chi connectivity index (χ2v) is 5.82. The highest BCUT2D eigenvalue weighted by Crippen LogP contribution is 2.27. The average Bonchev–Trinajstić information content (AvgIpc) is 2.57. The number of anilines is 2. The first kappa shape index (κ1) is 14.7. The number of hydrogen-bond donors (Lipinski definition) is 0. The number of piperazine rings is 1. The summed E-state index contributed by atoms with van der Waals surface area (Å²) in [7, 11) is 0. The van der Waals surface area contributed by atoms with E-state index in [1.54, 1.807) is 6.20 Å². The Labute approximate surface area is 135 Å². The first-order chi connectivity index (χ1) is 10.7. The van der Waals surface area contributed by atoms with Crippen molar-refractivity contribution < 1.29 is 0 Å². The smallest absolute Gasteiger partial charge is 0.163 e. The number of aromatic nitrogens is 1. The third kappa shape index (κ3) is 2.86. The summed E-state index contributed by atoms with van der Waals surface area (Å²) in [5, 5.41) is 9.95. The SMILES string of the molecule is Cc1ccc(Cl)cc1N1CCN(c2cccnc2C#N)CC1. The molecule has 22 heavy (non-hydrogen) atoms. The lowest BCUT2D eigenvalue weighted by Gasteiger charge is -2.38. The summed E-state index contributed by atoms with van der Waals surface area (Å²) in [5.74, 6) is 0. The van der Waals surface area contributed by atoms with Gasteiger partial charge in [0, 0.05) is 43.1 Å². The van der Waals surface area contributed by atoms with E-state index < -0.39 is 0 Å². The molecular formula is C17H17ClN4. The Morgan fingerprint density at radius 3 is 2.45 bits per heavy atom. The lowest BCUT2D eigenvalue weighted by atomic mass is 10.1. The van der Waals surface area contributed by atoms with E-state index in [1.807, 2.05) is 24.3 Å². The van der Waals surface area contributed by atoms with Crippen LogP contribution in [0.5, 0.6) is 0 Å². The number of halogens is 1. The molecule has 1 fully saturated rings. The zero-order chi connectivity index (χ0) is 15.5. The van der Waals surface area contributed by atoms with E-state index in [0.717, 1.165) is 36.9 Å². The molecule has 1 saturated heterocycles. The number of aryl methyl sites for hydroxylation is 1. The van der Waals surface area contributed by atoms with Crippen LogP contribution in [0.3, 0.4) is 0 Å². The second-order valence-electron chi connectivity index (χ2n) is 5.39. The predicted octanol–water partition coefficient (Wildman–Crippen LogP) is 3.24. The Morgan fingerprint density at radius 1 is 1.09 bits per heavy atom. The number of rotatable bonds is 2. The molecular weight excluding hydrogens is 296 g/mol. The van der Waals surface area contributed by atoms with Crippen molar-refractivity contribution in [3.05, 3.63) is 52.8 Å². The summed E-state index contributed by atoms with van der Waals surface area (Å²) in [6.07, 6.45) is 1.66. The quantitative estimate of drug-likeness (QED) is 0.854. The highest BCUT2D eigenvalue weighted by atomic mass is 35.5. The molecule has 0 aliphatic carbocycles. The Hall–Kier alpha value is -2.25. The fourth-order valence-corrected chi connectivity index (χ4v) is 3.02. The molecule has 1 aromatic heterocycles. The van der Waals surface area contributed by atoms with Gasteiger partial charge in [-0.3, -0.25) is 0 Å². The first-order valence-electron chi connectivity index (χ1n) is 7.30. The molecule has 0 radical (unpaired) electrons. The van der Waals surface area contributed by atoms with Gasteiger partial charge in [-0.05, 0) is 36.8 Å². The van der Waals surface area contributed by atoms with Gasteiger partial charge >= 0.3 is 0 Å². The van der Waals surface area contributed by atoms with Crippen molar-refractivity contribution in [2.24, 2.45) is 0 Å². The maximum Gasteiger partial charge on any atom is 0.163 e. The van der Waals surface area contributed by atoms with Gasteiger partial charge < -0.3 is 9.80 Å². The molecule has 1 aliphatic heterocycles. The minimum atomic E-state index is 0.495. The second kappa shape index (κ2) is 6.25. The van der Waals surface area contributed by atoms with E-state index in [2.05, 4.69) is 33.8 Å². The fraction of sp³-hybridized carbons (Fsp3) is 0.294. The molecule has 0 amide bonds. The van der Waals surface area contributed by atoms with Gasteiger partial charge in [-0.2, -0.15) is 5.26 Å². The third-order valence-corrected chi connectivity index (χ3v) is 4.26. The average molecular weight is 313 g/mol. The normalized spacial score (nSPS) is 14.8. The van der Waals surface area contributed by atoms with Crippen LogP contribution in [0.2, 0.25) is 5.02 Å². The van der Waals surface area contributed by atoms with Gasteiger partial charge in [-0.25, -0.2) is 4.98 Å². The van der Waals surface area contributed by atoms with Crippen molar-refractivity contribution in [1.29, 1.82) is 5.26 Å². The first-order valence-corrected chi connectivity index (χ1v) is 7.68. The summed E-state index contributed by atoms with van der Waals surface area (Å²) in [5.41, 5.74) is 3.85. The number of nitrogens with zero attached hydrogens (tertiary/aromatic N) is 4. The van der Waals surface area contributed by atoms with Crippen LogP contribution in [-0.2, 0) is 0 Å². The van der Waals surface area contributed by atoms with Gasteiger partial charge in [0.05, 0.1) is 5.69 Å². The van der Waals surface area contributed by atoms with Crippen molar-refractivity contribution in [3.8, 4) is 6.07 Å². The highest BCUT2D eigenvalue weighted by molar-refractivity contribution is 6.30. The summed E-state index contributed by atoms with van der Waals surface area (Å²) in [6, 6.07) is 12.0. The molecule has 1 aliphatic rings. The molecule has 0 saturated carbocycles. The summed E-state index contributed by atoms with van der Waals surface area (Å²) in [6.45, 7) is 5.65. The molecule has 0 unspecified atom stereocenters. The third-order valence-electron chi connectivity index (χ3n) is 4.02. The standard InChI is InChI=1S/C17H17ClN4/c1-13-4-5-14(18)11-17(13)22-9-7-21(8-10-22)16-3-2-6-20-15(16)12-19/h2-6,11H,7-10H2,1H3. The molecule has 2 heterocycles. The van der Waals surface area contributed by atoms with E-state index in [9.17, 15) is 5.26 Å². The van der Waals surface area contributed by atoms with Crippen molar-refractivity contribution in [1.82, 2.24) is 4.98 Å². The predicted molar refractivity (Wildman–Crippen MR) is 89.6 cm³/mol. The van der Waals surface area contributed by atoms with E-state index in [1.165, 1.54) is 11.3 Å². The number of benzene rings is 1. The van der Waals surface area contributed by atoms with Crippen LogP contribution in [0.1, 0.15) is 11.3 Å². The van der Waals surface area contributed by atoms with Gasteiger partial charge in [0.25, 0.3) is 0 Å². The molecule has 1 aromatic carbocycles. The van der Waals surface area contributed by atoms with Crippen LogP contribution >= 0.6 is 11.6 Å². The van der Waals surface area contributed by atoms with Crippen LogP contribution in [0, 0.1) is 18.3 Å². The molecule has 112 valence electrons. The van der Waals surface area contributed by atoms with Crippen LogP contribution < -0.4 is 9.80 Å². The van der Waals surface area contributed by atoms with Gasteiger partial charge in [0.1, 0.15) is 6.07 Å². The van der Waals surface area contributed by atoms with Gasteiger partial charge in [-0.15, -0.1) is 0 Å². The number of pyridine rings is 1. The molecule has 0 spiro atoms. The molecule has 5 heteroatoms. The maximum absolute atomic E-state index is 9.18. The number of nitriles is 1. The summed E-state index contributed by atoms with van der Waals surface area (Å²) in [4.78, 5) is 8.71. The summed E-state index contributed by atoms with van der Waals surface area (Å²) < 4.78 is 0. The molecule has 0 atom stereocenters. The lowest BCUT2D eigenvalue weighted by molar-refractivity contribution is 0.651. The van der Waals surface area contributed by atoms with Crippen molar-refractivity contribution in [2.75, 3.05) is 36.0 Å². The van der Waals surface area contributed by atoms with Crippen molar-refractivity contribution >= 4 is 23.0 Å². The van der Waals surface area contributed by atoms with Crippen LogP contribution in [0.15, 0.2) is 36.5 Å². The Morgan fingerprint density at radius 2 is 1.77 bits per heavy atom. The van der Waals surface area contributed by atoms with E-state index >= 15 is 0 Å². The molecule has 2 aromatic rings. The molecule has 4 nitrogen and oxygen atoms in total. The van der Waals surface area contributed by atoms with Crippen molar-refractivity contribution in [3.63, 3.8) is 0 Å². The lowest BCUT2D eigenvalue weighted by Crippen LogP contribution is -2.47. The van der Waals surface area contributed by atoms with Crippen molar-refractivity contribution in [2.45, 2.75) is 6.92 Å².